The molecule has 12 heavy (non-hydrogen) atoms. The highest BCUT2D eigenvalue weighted by Gasteiger charge is 2.12. The maximum Gasteiger partial charge on any atom is 0.0603 e. The summed E-state index contributed by atoms with van der Waals surface area (Å²) in [6.45, 7) is 4.06. The van der Waals surface area contributed by atoms with Gasteiger partial charge in [-0.3, -0.25) is 0 Å². The third kappa shape index (κ3) is 2.08. The van der Waals surface area contributed by atoms with E-state index in [0.717, 1.165) is 6.42 Å². The summed E-state index contributed by atoms with van der Waals surface area (Å²) >= 11 is 0. The number of hydrogen-bond acceptors (Lipinski definition) is 1. The Morgan fingerprint density at radius 3 is 2.33 bits per heavy atom. The molecule has 0 amide bonds. The molecule has 1 N–H and O–H groups in total. The van der Waals surface area contributed by atoms with Crippen LogP contribution in [-0.4, -0.2) is 11.2 Å². The van der Waals surface area contributed by atoms with Crippen LogP contribution in [-0.2, 0) is 0 Å². The summed E-state index contributed by atoms with van der Waals surface area (Å²) < 4.78 is 0. The second kappa shape index (κ2) is 4.27. The molecule has 1 rings (SSSR count). The Bertz CT molecular complexity index is 218. The van der Waals surface area contributed by atoms with E-state index in [4.69, 9.17) is 0 Å². The van der Waals surface area contributed by atoms with Crippen molar-refractivity contribution in [2.45, 2.75) is 32.3 Å². The Morgan fingerprint density at radius 1 is 1.25 bits per heavy atom. The third-order valence-corrected chi connectivity index (χ3v) is 2.32. The molecule has 0 saturated heterocycles. The van der Waals surface area contributed by atoms with Gasteiger partial charge in [-0.15, -0.1) is 0 Å². The molecule has 2 atom stereocenters. The van der Waals surface area contributed by atoms with Crippen LogP contribution in [0, 0.1) is 0 Å². The molecule has 1 aromatic rings. The summed E-state index contributed by atoms with van der Waals surface area (Å²) in [5, 5.41) is 9.58. The maximum atomic E-state index is 9.58. The Labute approximate surface area is 74.1 Å². The van der Waals surface area contributed by atoms with E-state index in [1.165, 1.54) is 5.56 Å². The van der Waals surface area contributed by atoms with Gasteiger partial charge in [-0.05, 0) is 12.0 Å². The molecule has 0 aliphatic heterocycles. The second-order valence-electron chi connectivity index (χ2n) is 3.17. The normalized spacial score (nSPS) is 15.6. The molecular formula is C11H16O. The lowest BCUT2D eigenvalue weighted by Gasteiger charge is -2.17. The summed E-state index contributed by atoms with van der Waals surface area (Å²) in [4.78, 5) is 0. The molecule has 0 aliphatic carbocycles. The molecule has 1 heteroatoms. The predicted octanol–water partition coefficient (Wildman–Crippen LogP) is 2.56. The van der Waals surface area contributed by atoms with E-state index in [1.807, 2.05) is 25.1 Å². The number of aliphatic hydroxyl groups excluding tert-OH is 1. The Morgan fingerprint density at radius 2 is 1.83 bits per heavy atom. The van der Waals surface area contributed by atoms with E-state index >= 15 is 0 Å². The summed E-state index contributed by atoms with van der Waals surface area (Å²) in [7, 11) is 0. The van der Waals surface area contributed by atoms with Gasteiger partial charge in [0.25, 0.3) is 0 Å². The van der Waals surface area contributed by atoms with Crippen LogP contribution in [0.4, 0.5) is 0 Å². The summed E-state index contributed by atoms with van der Waals surface area (Å²) in [5.41, 5.74) is 1.21. The highest BCUT2D eigenvalue weighted by atomic mass is 16.3. The van der Waals surface area contributed by atoms with Crippen LogP contribution in [0.2, 0.25) is 0 Å². The van der Waals surface area contributed by atoms with Gasteiger partial charge in [0.2, 0.25) is 0 Å². The average molecular weight is 164 g/mol. The van der Waals surface area contributed by atoms with Crippen molar-refractivity contribution in [3.63, 3.8) is 0 Å². The lowest BCUT2D eigenvalue weighted by Crippen LogP contribution is -2.14. The van der Waals surface area contributed by atoms with Crippen LogP contribution in [0.25, 0.3) is 0 Å². The third-order valence-electron chi connectivity index (χ3n) is 2.32. The standard InChI is InChI=1S/C11H16O/c1-3-11(12)9(2)10-7-5-4-6-8-10/h4-9,11-12H,3H2,1-2H3/t9-,11-/m0/s1. The van der Waals surface area contributed by atoms with Gasteiger partial charge in [0, 0.05) is 5.92 Å². The highest BCUT2D eigenvalue weighted by molar-refractivity contribution is 5.19. The maximum absolute atomic E-state index is 9.58. The quantitative estimate of drug-likeness (QED) is 0.728. The minimum absolute atomic E-state index is 0.215. The van der Waals surface area contributed by atoms with Crippen LogP contribution < -0.4 is 0 Å². The molecule has 0 saturated carbocycles. The molecule has 0 radical (unpaired) electrons. The largest absolute Gasteiger partial charge is 0.393 e. The van der Waals surface area contributed by atoms with Gasteiger partial charge in [-0.2, -0.15) is 0 Å². The Kier molecular flexibility index (Phi) is 3.30. The van der Waals surface area contributed by atoms with E-state index in [9.17, 15) is 5.11 Å². The summed E-state index contributed by atoms with van der Waals surface area (Å²) in [5.74, 6) is 0.246. The topological polar surface area (TPSA) is 20.2 Å². The fourth-order valence-electron chi connectivity index (χ4n) is 1.33. The average Bonchev–Trinajstić information content (AvgIpc) is 2.17. The van der Waals surface area contributed by atoms with E-state index in [1.54, 1.807) is 0 Å². The molecule has 0 bridgehead atoms. The van der Waals surface area contributed by atoms with Crippen molar-refractivity contribution in [3.8, 4) is 0 Å². The molecule has 0 aromatic heterocycles. The summed E-state index contributed by atoms with van der Waals surface area (Å²) in [6, 6.07) is 10.1. The van der Waals surface area contributed by atoms with Gasteiger partial charge in [-0.25, -0.2) is 0 Å². The van der Waals surface area contributed by atoms with Gasteiger partial charge < -0.3 is 5.11 Å². The first-order valence-corrected chi connectivity index (χ1v) is 4.48. The lowest BCUT2D eigenvalue weighted by atomic mass is 9.94. The van der Waals surface area contributed by atoms with E-state index in [0.29, 0.717) is 0 Å². The van der Waals surface area contributed by atoms with Gasteiger partial charge >= 0.3 is 0 Å². The first-order chi connectivity index (χ1) is 5.75. The van der Waals surface area contributed by atoms with Crippen LogP contribution in [0.1, 0.15) is 31.7 Å². The first-order valence-electron chi connectivity index (χ1n) is 4.48. The fourth-order valence-corrected chi connectivity index (χ4v) is 1.33. The van der Waals surface area contributed by atoms with Crippen molar-refractivity contribution < 1.29 is 5.11 Å². The second-order valence-corrected chi connectivity index (χ2v) is 3.17. The Balaban J connectivity index is 2.71. The highest BCUT2D eigenvalue weighted by Crippen LogP contribution is 2.20. The first kappa shape index (κ1) is 9.27. The number of benzene rings is 1. The molecule has 66 valence electrons. The van der Waals surface area contributed by atoms with Gasteiger partial charge in [0.05, 0.1) is 6.10 Å². The van der Waals surface area contributed by atoms with Crippen molar-refractivity contribution in [1.29, 1.82) is 0 Å². The molecular weight excluding hydrogens is 148 g/mol. The van der Waals surface area contributed by atoms with Crippen molar-refractivity contribution >= 4 is 0 Å². The van der Waals surface area contributed by atoms with E-state index < -0.39 is 0 Å². The minimum atomic E-state index is -0.215. The molecule has 0 spiro atoms. The molecule has 1 aromatic carbocycles. The van der Waals surface area contributed by atoms with Crippen LogP contribution in [0.15, 0.2) is 30.3 Å². The minimum Gasteiger partial charge on any atom is -0.393 e. The monoisotopic (exact) mass is 164 g/mol. The zero-order valence-corrected chi connectivity index (χ0v) is 7.70. The SMILES string of the molecule is CC[C@H](O)[C@@H](C)c1ccccc1. The molecule has 0 unspecified atom stereocenters. The van der Waals surface area contributed by atoms with Crippen molar-refractivity contribution in [2.75, 3.05) is 0 Å². The summed E-state index contributed by atoms with van der Waals surface area (Å²) in [6.07, 6.45) is 0.600. The van der Waals surface area contributed by atoms with E-state index in [2.05, 4.69) is 19.1 Å². The van der Waals surface area contributed by atoms with Gasteiger partial charge in [0.1, 0.15) is 0 Å². The smallest absolute Gasteiger partial charge is 0.0603 e. The predicted molar refractivity (Wildman–Crippen MR) is 51.2 cm³/mol. The van der Waals surface area contributed by atoms with E-state index in [-0.39, 0.29) is 12.0 Å². The van der Waals surface area contributed by atoms with Crippen LogP contribution in [0.3, 0.4) is 0 Å². The van der Waals surface area contributed by atoms with Gasteiger partial charge in [-0.1, -0.05) is 44.2 Å². The van der Waals surface area contributed by atoms with Crippen molar-refractivity contribution in [2.24, 2.45) is 0 Å². The van der Waals surface area contributed by atoms with Crippen LogP contribution >= 0.6 is 0 Å². The molecule has 0 fully saturated rings. The molecule has 0 heterocycles. The number of aliphatic hydroxyl groups is 1. The zero-order chi connectivity index (χ0) is 8.97. The van der Waals surface area contributed by atoms with Gasteiger partial charge in [0.15, 0.2) is 0 Å². The molecule has 0 aliphatic rings. The zero-order valence-electron chi connectivity index (χ0n) is 7.70. The number of rotatable bonds is 3. The Hall–Kier alpha value is -0.820. The van der Waals surface area contributed by atoms with Crippen LogP contribution in [0.5, 0.6) is 0 Å². The lowest BCUT2D eigenvalue weighted by molar-refractivity contribution is 0.145. The fraction of sp³-hybridized carbons (Fsp3) is 0.455. The molecule has 1 nitrogen and oxygen atoms in total. The van der Waals surface area contributed by atoms with Crippen molar-refractivity contribution in [3.05, 3.63) is 35.9 Å². The number of hydrogen-bond donors (Lipinski definition) is 1. The van der Waals surface area contributed by atoms with Crippen molar-refractivity contribution in [1.82, 2.24) is 0 Å².